The van der Waals surface area contributed by atoms with Gasteiger partial charge < -0.3 is 11.1 Å². The van der Waals surface area contributed by atoms with E-state index in [9.17, 15) is 4.79 Å². The van der Waals surface area contributed by atoms with Crippen molar-refractivity contribution < 1.29 is 4.79 Å². The molecule has 3 N–H and O–H groups in total. The van der Waals surface area contributed by atoms with Crippen LogP contribution in [0.15, 0.2) is 24.3 Å². The lowest BCUT2D eigenvalue weighted by molar-refractivity contribution is -0.121. The van der Waals surface area contributed by atoms with Gasteiger partial charge >= 0.3 is 0 Å². The van der Waals surface area contributed by atoms with Gasteiger partial charge in [-0.05, 0) is 37.5 Å². The summed E-state index contributed by atoms with van der Waals surface area (Å²) < 4.78 is 0. The fourth-order valence-corrected chi connectivity index (χ4v) is 1.94. The monoisotopic (exact) mass is 248 g/mol. The molecule has 100 valence electrons. The molecule has 1 aromatic rings. The molecule has 1 unspecified atom stereocenters. The second kappa shape index (κ2) is 7.75. The van der Waals surface area contributed by atoms with Gasteiger partial charge in [0.2, 0.25) is 5.91 Å². The van der Waals surface area contributed by atoms with Crippen molar-refractivity contribution in [1.82, 2.24) is 5.32 Å². The molecule has 1 aromatic carbocycles. The molecule has 0 aliphatic rings. The fourth-order valence-electron chi connectivity index (χ4n) is 1.94. The van der Waals surface area contributed by atoms with Crippen LogP contribution in [0.25, 0.3) is 0 Å². The van der Waals surface area contributed by atoms with Gasteiger partial charge in [0.25, 0.3) is 0 Å². The van der Waals surface area contributed by atoms with Crippen LogP contribution in [0.4, 0.5) is 5.69 Å². The Morgan fingerprint density at radius 3 is 2.89 bits per heavy atom. The molecule has 0 saturated carbocycles. The zero-order chi connectivity index (χ0) is 13.4. The number of hydrogen-bond acceptors (Lipinski definition) is 2. The van der Waals surface area contributed by atoms with Gasteiger partial charge in [0.05, 0.1) is 0 Å². The standard InChI is InChI=1S/C15H24N2O/c1-3-4-6-12(2)17-15(18)10-9-13-7-5-8-14(16)11-13/h5,7-8,11-12H,3-4,6,9-10,16H2,1-2H3,(H,17,18). The van der Waals surface area contributed by atoms with E-state index < -0.39 is 0 Å². The summed E-state index contributed by atoms with van der Waals surface area (Å²) in [5.41, 5.74) is 7.57. The summed E-state index contributed by atoms with van der Waals surface area (Å²) in [6, 6.07) is 7.99. The molecule has 18 heavy (non-hydrogen) atoms. The molecule has 0 aliphatic carbocycles. The van der Waals surface area contributed by atoms with Crippen LogP contribution in [-0.4, -0.2) is 11.9 Å². The van der Waals surface area contributed by atoms with E-state index in [0.29, 0.717) is 6.42 Å². The van der Waals surface area contributed by atoms with E-state index in [0.717, 1.165) is 30.5 Å². The Morgan fingerprint density at radius 2 is 2.22 bits per heavy atom. The van der Waals surface area contributed by atoms with Gasteiger partial charge in [-0.1, -0.05) is 31.9 Å². The molecule has 1 amide bonds. The first kappa shape index (κ1) is 14.6. The Labute approximate surface area is 110 Å². The largest absolute Gasteiger partial charge is 0.399 e. The summed E-state index contributed by atoms with van der Waals surface area (Å²) in [6.07, 6.45) is 4.66. The number of nitrogens with one attached hydrogen (secondary N) is 1. The van der Waals surface area contributed by atoms with E-state index in [1.54, 1.807) is 0 Å². The summed E-state index contributed by atoms with van der Waals surface area (Å²) in [5.74, 6) is 0.126. The van der Waals surface area contributed by atoms with Gasteiger partial charge in [0.15, 0.2) is 0 Å². The van der Waals surface area contributed by atoms with Gasteiger partial charge in [-0.2, -0.15) is 0 Å². The topological polar surface area (TPSA) is 55.1 Å². The van der Waals surface area contributed by atoms with E-state index in [2.05, 4.69) is 19.2 Å². The van der Waals surface area contributed by atoms with Crippen LogP contribution in [0.3, 0.4) is 0 Å². The van der Waals surface area contributed by atoms with E-state index in [1.807, 2.05) is 24.3 Å². The predicted octanol–water partition coefficient (Wildman–Crippen LogP) is 2.90. The van der Waals surface area contributed by atoms with E-state index in [1.165, 1.54) is 6.42 Å². The van der Waals surface area contributed by atoms with Crippen LogP contribution >= 0.6 is 0 Å². The van der Waals surface area contributed by atoms with Crippen molar-refractivity contribution in [2.75, 3.05) is 5.73 Å². The SMILES string of the molecule is CCCCC(C)NC(=O)CCc1cccc(N)c1. The van der Waals surface area contributed by atoms with Gasteiger partial charge in [0, 0.05) is 18.2 Å². The lowest BCUT2D eigenvalue weighted by Gasteiger charge is -2.13. The third-order valence-electron chi connectivity index (χ3n) is 2.99. The van der Waals surface area contributed by atoms with Gasteiger partial charge in [-0.15, -0.1) is 0 Å². The molecule has 0 spiro atoms. The molecule has 3 heteroatoms. The molecule has 0 radical (unpaired) electrons. The van der Waals surface area contributed by atoms with Gasteiger partial charge in [0.1, 0.15) is 0 Å². The van der Waals surface area contributed by atoms with E-state index in [4.69, 9.17) is 5.73 Å². The second-order valence-electron chi connectivity index (χ2n) is 4.86. The zero-order valence-electron chi connectivity index (χ0n) is 11.4. The van der Waals surface area contributed by atoms with Gasteiger partial charge in [-0.3, -0.25) is 4.79 Å². The van der Waals surface area contributed by atoms with Crippen molar-refractivity contribution in [1.29, 1.82) is 0 Å². The molecular formula is C15H24N2O. The highest BCUT2D eigenvalue weighted by Crippen LogP contribution is 2.09. The van der Waals surface area contributed by atoms with Gasteiger partial charge in [-0.25, -0.2) is 0 Å². The first-order valence-electron chi connectivity index (χ1n) is 6.75. The molecular weight excluding hydrogens is 224 g/mol. The molecule has 0 aromatic heterocycles. The van der Waals surface area contributed by atoms with Crippen LogP contribution in [0.2, 0.25) is 0 Å². The van der Waals surface area contributed by atoms with Crippen molar-refractivity contribution in [3.05, 3.63) is 29.8 Å². The number of benzene rings is 1. The van der Waals surface area contributed by atoms with E-state index >= 15 is 0 Å². The number of rotatable bonds is 7. The number of amides is 1. The average Bonchev–Trinajstić information content (AvgIpc) is 2.34. The Hall–Kier alpha value is -1.51. The maximum atomic E-state index is 11.7. The molecule has 0 bridgehead atoms. The number of carbonyl (C=O) groups is 1. The number of carbonyl (C=O) groups excluding carboxylic acids is 1. The quantitative estimate of drug-likeness (QED) is 0.729. The summed E-state index contributed by atoms with van der Waals surface area (Å²) in [5, 5.41) is 3.03. The minimum Gasteiger partial charge on any atom is -0.399 e. The molecule has 1 rings (SSSR count). The lowest BCUT2D eigenvalue weighted by Crippen LogP contribution is -2.32. The number of aryl methyl sites for hydroxylation is 1. The highest BCUT2D eigenvalue weighted by atomic mass is 16.1. The number of nitrogens with two attached hydrogens (primary N) is 1. The van der Waals surface area contributed by atoms with Crippen molar-refractivity contribution in [2.45, 2.75) is 52.0 Å². The van der Waals surface area contributed by atoms with Crippen LogP contribution in [-0.2, 0) is 11.2 Å². The first-order valence-corrected chi connectivity index (χ1v) is 6.75. The van der Waals surface area contributed by atoms with Crippen molar-refractivity contribution in [3.8, 4) is 0 Å². The summed E-state index contributed by atoms with van der Waals surface area (Å²) in [7, 11) is 0. The van der Waals surface area contributed by atoms with E-state index in [-0.39, 0.29) is 11.9 Å². The number of nitrogen functional groups attached to an aromatic ring is 1. The van der Waals surface area contributed by atoms with Crippen LogP contribution in [0.5, 0.6) is 0 Å². The predicted molar refractivity (Wildman–Crippen MR) is 76.3 cm³/mol. The minimum absolute atomic E-state index is 0.126. The smallest absolute Gasteiger partial charge is 0.220 e. The summed E-state index contributed by atoms with van der Waals surface area (Å²) >= 11 is 0. The normalized spacial score (nSPS) is 12.1. The Morgan fingerprint density at radius 1 is 1.44 bits per heavy atom. The first-order chi connectivity index (χ1) is 8.61. The lowest BCUT2D eigenvalue weighted by atomic mass is 10.1. The van der Waals surface area contributed by atoms with Crippen LogP contribution in [0.1, 0.15) is 45.1 Å². The third kappa shape index (κ3) is 5.71. The molecule has 3 nitrogen and oxygen atoms in total. The molecule has 0 heterocycles. The Kier molecular flexibility index (Phi) is 6.26. The summed E-state index contributed by atoms with van der Waals surface area (Å²) in [4.78, 5) is 11.7. The van der Waals surface area contributed by atoms with Crippen LogP contribution < -0.4 is 11.1 Å². The molecule has 1 atom stereocenters. The van der Waals surface area contributed by atoms with Crippen molar-refractivity contribution in [2.24, 2.45) is 0 Å². The number of hydrogen-bond donors (Lipinski definition) is 2. The highest BCUT2D eigenvalue weighted by Gasteiger charge is 2.07. The fraction of sp³-hybridized carbons (Fsp3) is 0.533. The average molecular weight is 248 g/mol. The van der Waals surface area contributed by atoms with Crippen LogP contribution in [0, 0.1) is 0 Å². The summed E-state index contributed by atoms with van der Waals surface area (Å²) in [6.45, 7) is 4.22. The van der Waals surface area contributed by atoms with Crippen molar-refractivity contribution >= 4 is 11.6 Å². The Bertz CT molecular complexity index is 377. The number of unbranched alkanes of at least 4 members (excludes halogenated alkanes) is 1. The van der Waals surface area contributed by atoms with Crippen molar-refractivity contribution in [3.63, 3.8) is 0 Å². The third-order valence-corrected chi connectivity index (χ3v) is 2.99. The minimum atomic E-state index is 0.126. The highest BCUT2D eigenvalue weighted by molar-refractivity contribution is 5.76. The zero-order valence-corrected chi connectivity index (χ0v) is 11.4. The molecule has 0 saturated heterocycles. The maximum Gasteiger partial charge on any atom is 0.220 e. The maximum absolute atomic E-state index is 11.7. The molecule has 0 fully saturated rings. The Balaban J connectivity index is 2.28. The molecule has 0 aliphatic heterocycles. The number of anilines is 1. The second-order valence-corrected chi connectivity index (χ2v) is 4.86.